The second-order valence-electron chi connectivity index (χ2n) is 2.56. The molecular formula is C9H8FN2. The van der Waals surface area contributed by atoms with Crippen LogP contribution in [0, 0.1) is 11.9 Å². The molecule has 1 heterocycles. The van der Waals surface area contributed by atoms with Crippen molar-refractivity contribution in [3.05, 3.63) is 30.2 Å². The summed E-state index contributed by atoms with van der Waals surface area (Å²) >= 11 is 0. The third kappa shape index (κ3) is 0.897. The SMILES string of the molecule is CCn1ncc2c(F)c[c]cc21. The summed E-state index contributed by atoms with van der Waals surface area (Å²) < 4.78 is 14.8. The van der Waals surface area contributed by atoms with Crippen LogP contribution in [0.1, 0.15) is 6.92 Å². The fourth-order valence-electron chi connectivity index (χ4n) is 1.25. The van der Waals surface area contributed by atoms with Gasteiger partial charge in [-0.2, -0.15) is 5.10 Å². The van der Waals surface area contributed by atoms with Crippen molar-refractivity contribution in [2.45, 2.75) is 13.5 Å². The van der Waals surface area contributed by atoms with Crippen molar-refractivity contribution in [1.82, 2.24) is 9.78 Å². The van der Waals surface area contributed by atoms with Crippen LogP contribution in [0.4, 0.5) is 4.39 Å². The van der Waals surface area contributed by atoms with E-state index in [1.165, 1.54) is 6.07 Å². The zero-order valence-electron chi connectivity index (χ0n) is 6.71. The lowest BCUT2D eigenvalue weighted by atomic mass is 10.2. The predicted octanol–water partition coefficient (Wildman–Crippen LogP) is 2.00. The Morgan fingerprint density at radius 3 is 3.17 bits per heavy atom. The third-order valence-electron chi connectivity index (χ3n) is 1.87. The monoisotopic (exact) mass is 163 g/mol. The molecule has 1 aromatic heterocycles. The molecule has 0 unspecified atom stereocenters. The Balaban J connectivity index is 2.80. The van der Waals surface area contributed by atoms with Gasteiger partial charge in [-0.1, -0.05) is 0 Å². The molecule has 1 aromatic carbocycles. The molecule has 0 bridgehead atoms. The molecule has 0 atom stereocenters. The second kappa shape index (κ2) is 2.59. The molecule has 1 radical (unpaired) electrons. The molecular weight excluding hydrogens is 155 g/mol. The summed E-state index contributed by atoms with van der Waals surface area (Å²) in [5.41, 5.74) is 0.803. The number of halogens is 1. The number of benzene rings is 1. The van der Waals surface area contributed by atoms with E-state index < -0.39 is 0 Å². The van der Waals surface area contributed by atoms with Crippen LogP contribution in [0.15, 0.2) is 18.3 Å². The van der Waals surface area contributed by atoms with Gasteiger partial charge in [0, 0.05) is 6.54 Å². The molecule has 2 aromatic rings. The maximum Gasteiger partial charge on any atom is 0.134 e. The van der Waals surface area contributed by atoms with Gasteiger partial charge in [-0.15, -0.1) is 0 Å². The van der Waals surface area contributed by atoms with Crippen molar-refractivity contribution in [3.63, 3.8) is 0 Å². The molecule has 61 valence electrons. The largest absolute Gasteiger partial charge is 0.265 e. The summed E-state index contributed by atoms with van der Waals surface area (Å²) in [5, 5.41) is 4.60. The molecule has 12 heavy (non-hydrogen) atoms. The highest BCUT2D eigenvalue weighted by atomic mass is 19.1. The fourth-order valence-corrected chi connectivity index (χ4v) is 1.25. The van der Waals surface area contributed by atoms with Crippen molar-refractivity contribution in [2.24, 2.45) is 0 Å². The first-order valence-electron chi connectivity index (χ1n) is 3.84. The van der Waals surface area contributed by atoms with Crippen molar-refractivity contribution in [1.29, 1.82) is 0 Å². The highest BCUT2D eigenvalue weighted by Gasteiger charge is 2.04. The number of aromatic nitrogens is 2. The Labute approximate surface area is 69.6 Å². The Morgan fingerprint density at radius 2 is 2.42 bits per heavy atom. The van der Waals surface area contributed by atoms with Gasteiger partial charge < -0.3 is 0 Å². The van der Waals surface area contributed by atoms with Gasteiger partial charge in [-0.3, -0.25) is 4.68 Å². The average molecular weight is 163 g/mol. The van der Waals surface area contributed by atoms with E-state index in [2.05, 4.69) is 11.2 Å². The minimum Gasteiger partial charge on any atom is -0.265 e. The zero-order valence-corrected chi connectivity index (χ0v) is 6.71. The van der Waals surface area contributed by atoms with E-state index in [0.717, 1.165) is 12.1 Å². The number of hydrogen-bond acceptors (Lipinski definition) is 1. The molecule has 0 saturated heterocycles. The molecule has 3 heteroatoms. The molecule has 0 aliphatic carbocycles. The molecule has 0 aliphatic heterocycles. The minimum atomic E-state index is -0.257. The quantitative estimate of drug-likeness (QED) is 0.628. The van der Waals surface area contributed by atoms with Gasteiger partial charge in [0.25, 0.3) is 0 Å². The number of rotatable bonds is 1. The van der Waals surface area contributed by atoms with Gasteiger partial charge in [0.15, 0.2) is 0 Å². The van der Waals surface area contributed by atoms with E-state index in [4.69, 9.17) is 0 Å². The number of hydrogen-bond donors (Lipinski definition) is 0. The van der Waals surface area contributed by atoms with E-state index in [-0.39, 0.29) is 5.82 Å². The normalized spacial score (nSPS) is 10.8. The highest BCUT2D eigenvalue weighted by molar-refractivity contribution is 5.78. The Kier molecular flexibility index (Phi) is 1.57. The topological polar surface area (TPSA) is 17.8 Å². The Hall–Kier alpha value is -1.38. The lowest BCUT2D eigenvalue weighted by Gasteiger charge is -1.96. The second-order valence-corrected chi connectivity index (χ2v) is 2.56. The Morgan fingerprint density at radius 1 is 1.58 bits per heavy atom. The summed E-state index contributed by atoms with van der Waals surface area (Å²) in [7, 11) is 0. The van der Waals surface area contributed by atoms with Crippen LogP contribution in [-0.2, 0) is 6.54 Å². The van der Waals surface area contributed by atoms with Gasteiger partial charge in [-0.25, -0.2) is 4.39 Å². The molecule has 0 saturated carbocycles. The minimum absolute atomic E-state index is 0.257. The number of aryl methyl sites for hydroxylation is 1. The summed E-state index contributed by atoms with van der Waals surface area (Å²) in [6.45, 7) is 2.72. The average Bonchev–Trinajstić information content (AvgIpc) is 2.49. The van der Waals surface area contributed by atoms with Crippen LogP contribution in [0.2, 0.25) is 0 Å². The molecule has 0 fully saturated rings. The lowest BCUT2D eigenvalue weighted by molar-refractivity contribution is 0.639. The van der Waals surface area contributed by atoms with E-state index in [1.54, 1.807) is 16.9 Å². The van der Waals surface area contributed by atoms with Crippen LogP contribution in [0.3, 0.4) is 0 Å². The standard InChI is InChI=1S/C9H8FN2/c1-2-12-9-5-3-4-8(10)7(9)6-11-12/h4-6H,2H2,1H3. The van der Waals surface area contributed by atoms with Crippen LogP contribution >= 0.6 is 0 Å². The maximum atomic E-state index is 13.1. The van der Waals surface area contributed by atoms with Gasteiger partial charge >= 0.3 is 0 Å². The van der Waals surface area contributed by atoms with Crippen LogP contribution in [0.25, 0.3) is 10.9 Å². The van der Waals surface area contributed by atoms with Crippen molar-refractivity contribution < 1.29 is 4.39 Å². The molecule has 2 nitrogen and oxygen atoms in total. The zero-order chi connectivity index (χ0) is 8.55. The summed E-state index contributed by atoms with van der Waals surface area (Å²) in [6, 6.07) is 5.80. The van der Waals surface area contributed by atoms with Crippen LogP contribution in [0.5, 0.6) is 0 Å². The van der Waals surface area contributed by atoms with Crippen molar-refractivity contribution in [2.75, 3.05) is 0 Å². The fraction of sp³-hybridized carbons (Fsp3) is 0.222. The van der Waals surface area contributed by atoms with Crippen LogP contribution < -0.4 is 0 Å². The molecule has 0 spiro atoms. The Bertz CT molecular complexity index is 406. The summed E-state index contributed by atoms with van der Waals surface area (Å²) in [6.07, 6.45) is 1.54. The maximum absolute atomic E-state index is 13.1. The van der Waals surface area contributed by atoms with Gasteiger partial charge in [0.2, 0.25) is 0 Å². The number of fused-ring (bicyclic) bond motifs is 1. The van der Waals surface area contributed by atoms with Gasteiger partial charge in [-0.05, 0) is 25.1 Å². The molecule has 0 aliphatic rings. The smallest absolute Gasteiger partial charge is 0.134 e. The van der Waals surface area contributed by atoms with Gasteiger partial charge in [0.1, 0.15) is 5.82 Å². The van der Waals surface area contributed by atoms with Gasteiger partial charge in [0.05, 0.1) is 17.1 Å². The van der Waals surface area contributed by atoms with Crippen LogP contribution in [-0.4, -0.2) is 9.78 Å². The summed E-state index contributed by atoms with van der Waals surface area (Å²) in [4.78, 5) is 0. The first-order valence-corrected chi connectivity index (χ1v) is 3.84. The van der Waals surface area contributed by atoms with E-state index in [1.807, 2.05) is 6.92 Å². The van der Waals surface area contributed by atoms with Crippen molar-refractivity contribution >= 4 is 10.9 Å². The molecule has 2 rings (SSSR count). The summed E-state index contributed by atoms with van der Waals surface area (Å²) in [5.74, 6) is -0.257. The molecule has 0 amide bonds. The first-order chi connectivity index (χ1) is 5.83. The third-order valence-corrected chi connectivity index (χ3v) is 1.87. The lowest BCUT2D eigenvalue weighted by Crippen LogP contribution is -1.94. The van der Waals surface area contributed by atoms with E-state index in [0.29, 0.717) is 5.39 Å². The van der Waals surface area contributed by atoms with E-state index in [9.17, 15) is 4.39 Å². The molecule has 0 N–H and O–H groups in total. The predicted molar refractivity (Wildman–Crippen MR) is 44.2 cm³/mol. The number of nitrogens with zero attached hydrogens (tertiary/aromatic N) is 2. The first kappa shape index (κ1) is 7.28. The highest BCUT2D eigenvalue weighted by Crippen LogP contribution is 2.15. The van der Waals surface area contributed by atoms with Crippen molar-refractivity contribution in [3.8, 4) is 0 Å². The van der Waals surface area contributed by atoms with E-state index >= 15 is 0 Å².